The lowest BCUT2D eigenvalue weighted by molar-refractivity contribution is 0.0544. The minimum Gasteiger partial charge on any atom is -0.381 e. The topological polar surface area (TPSA) is 41.6 Å². The van der Waals surface area contributed by atoms with E-state index >= 15 is 0 Å². The molecular formula is C15H21ClN2O2S. The maximum Gasteiger partial charge on any atom is 0.321 e. The van der Waals surface area contributed by atoms with Crippen LogP contribution in [0.2, 0.25) is 5.02 Å². The number of amides is 2. The standard InChI is InChI=1S/C15H21ClN2O2S/c1-3-21-14-5-4-11(16)10-13(14)17-15(19)18(2)12-6-8-20-9-7-12/h4-5,10,12H,3,6-9H2,1-2H3,(H,17,19). The van der Waals surface area contributed by atoms with Gasteiger partial charge in [0.2, 0.25) is 0 Å². The molecule has 1 heterocycles. The summed E-state index contributed by atoms with van der Waals surface area (Å²) in [5, 5.41) is 3.60. The van der Waals surface area contributed by atoms with Crippen LogP contribution in [0.4, 0.5) is 10.5 Å². The van der Waals surface area contributed by atoms with Gasteiger partial charge in [0.25, 0.3) is 0 Å². The summed E-state index contributed by atoms with van der Waals surface area (Å²) in [6.45, 7) is 3.52. The number of rotatable bonds is 4. The number of nitrogens with one attached hydrogen (secondary N) is 1. The Morgan fingerprint density at radius 2 is 2.19 bits per heavy atom. The first-order chi connectivity index (χ1) is 10.1. The quantitative estimate of drug-likeness (QED) is 0.846. The van der Waals surface area contributed by atoms with Gasteiger partial charge in [-0.05, 0) is 36.8 Å². The molecule has 0 aliphatic carbocycles. The lowest BCUT2D eigenvalue weighted by Gasteiger charge is -2.31. The Labute approximate surface area is 135 Å². The third kappa shape index (κ3) is 4.53. The second-order valence-electron chi connectivity index (χ2n) is 4.96. The number of halogens is 1. The van der Waals surface area contributed by atoms with Crippen molar-refractivity contribution >= 4 is 35.1 Å². The molecule has 116 valence electrons. The molecule has 0 atom stereocenters. The van der Waals surface area contributed by atoms with Crippen LogP contribution in [0.25, 0.3) is 0 Å². The fourth-order valence-corrected chi connectivity index (χ4v) is 3.24. The molecule has 0 radical (unpaired) electrons. The molecule has 4 nitrogen and oxygen atoms in total. The number of ether oxygens (including phenoxy) is 1. The molecule has 1 aromatic carbocycles. The highest BCUT2D eigenvalue weighted by Gasteiger charge is 2.23. The van der Waals surface area contributed by atoms with Crippen LogP contribution in [0.3, 0.4) is 0 Å². The lowest BCUT2D eigenvalue weighted by Crippen LogP contribution is -2.42. The van der Waals surface area contributed by atoms with Crippen molar-refractivity contribution in [3.8, 4) is 0 Å². The highest BCUT2D eigenvalue weighted by atomic mass is 35.5. The molecule has 1 fully saturated rings. The zero-order valence-electron chi connectivity index (χ0n) is 12.4. The van der Waals surface area contributed by atoms with Gasteiger partial charge in [-0.15, -0.1) is 11.8 Å². The third-order valence-electron chi connectivity index (χ3n) is 3.54. The summed E-state index contributed by atoms with van der Waals surface area (Å²) in [5.41, 5.74) is 0.776. The van der Waals surface area contributed by atoms with Gasteiger partial charge in [0, 0.05) is 36.2 Å². The summed E-state index contributed by atoms with van der Waals surface area (Å²) in [5.74, 6) is 0.945. The van der Waals surface area contributed by atoms with Crippen molar-refractivity contribution in [2.24, 2.45) is 0 Å². The van der Waals surface area contributed by atoms with E-state index in [0.29, 0.717) is 5.02 Å². The fourth-order valence-electron chi connectivity index (χ4n) is 2.32. The molecule has 21 heavy (non-hydrogen) atoms. The second-order valence-corrected chi connectivity index (χ2v) is 6.70. The van der Waals surface area contributed by atoms with Crippen LogP contribution in [0, 0.1) is 0 Å². The smallest absolute Gasteiger partial charge is 0.321 e. The first kappa shape index (κ1) is 16.5. The summed E-state index contributed by atoms with van der Waals surface area (Å²) >= 11 is 7.73. The number of thioether (sulfide) groups is 1. The van der Waals surface area contributed by atoms with Gasteiger partial charge in [0.15, 0.2) is 0 Å². The van der Waals surface area contributed by atoms with Gasteiger partial charge in [-0.1, -0.05) is 18.5 Å². The van der Waals surface area contributed by atoms with E-state index in [1.54, 1.807) is 22.7 Å². The number of anilines is 1. The number of benzene rings is 1. The predicted octanol–water partition coefficient (Wildman–Crippen LogP) is 4.09. The maximum absolute atomic E-state index is 12.4. The molecule has 1 saturated heterocycles. The van der Waals surface area contributed by atoms with Crippen LogP contribution < -0.4 is 5.32 Å². The molecule has 1 N–H and O–H groups in total. The zero-order valence-corrected chi connectivity index (χ0v) is 14.0. The Hall–Kier alpha value is -0.910. The number of carbonyl (C=O) groups is 1. The van der Waals surface area contributed by atoms with Crippen LogP contribution in [0.1, 0.15) is 19.8 Å². The van der Waals surface area contributed by atoms with Crippen LogP contribution in [-0.4, -0.2) is 43.0 Å². The minimum atomic E-state index is -0.0953. The average molecular weight is 329 g/mol. The highest BCUT2D eigenvalue weighted by molar-refractivity contribution is 7.99. The Bertz CT molecular complexity index is 493. The van der Waals surface area contributed by atoms with Crippen molar-refractivity contribution in [1.29, 1.82) is 0 Å². The number of urea groups is 1. The summed E-state index contributed by atoms with van der Waals surface area (Å²) < 4.78 is 5.34. The van der Waals surface area contributed by atoms with Crippen molar-refractivity contribution in [2.45, 2.75) is 30.7 Å². The van der Waals surface area contributed by atoms with E-state index < -0.39 is 0 Å². The van der Waals surface area contributed by atoms with Crippen LogP contribution in [-0.2, 0) is 4.74 Å². The molecule has 0 saturated carbocycles. The van der Waals surface area contributed by atoms with Gasteiger partial charge < -0.3 is 15.0 Å². The zero-order chi connectivity index (χ0) is 15.2. The first-order valence-electron chi connectivity index (χ1n) is 7.15. The Kier molecular flexibility index (Phi) is 6.21. The molecule has 2 amide bonds. The summed E-state index contributed by atoms with van der Waals surface area (Å²) in [4.78, 5) is 15.2. The normalized spacial score (nSPS) is 15.8. The molecule has 1 aromatic rings. The van der Waals surface area contributed by atoms with E-state index in [1.807, 2.05) is 19.2 Å². The molecule has 6 heteroatoms. The van der Waals surface area contributed by atoms with Crippen molar-refractivity contribution in [2.75, 3.05) is 31.3 Å². The van der Waals surface area contributed by atoms with E-state index in [1.165, 1.54) is 0 Å². The summed E-state index contributed by atoms with van der Waals surface area (Å²) in [6.07, 6.45) is 1.77. The van der Waals surface area contributed by atoms with Crippen molar-refractivity contribution in [3.05, 3.63) is 23.2 Å². The third-order valence-corrected chi connectivity index (χ3v) is 4.73. The molecule has 0 aromatic heterocycles. The monoisotopic (exact) mass is 328 g/mol. The Morgan fingerprint density at radius 1 is 1.48 bits per heavy atom. The summed E-state index contributed by atoms with van der Waals surface area (Å²) in [6, 6.07) is 5.73. The van der Waals surface area contributed by atoms with Gasteiger partial charge in [-0.3, -0.25) is 0 Å². The van der Waals surface area contributed by atoms with Gasteiger partial charge in [-0.25, -0.2) is 4.79 Å². The first-order valence-corrected chi connectivity index (χ1v) is 8.52. The van der Waals surface area contributed by atoms with Crippen molar-refractivity contribution in [3.63, 3.8) is 0 Å². The van der Waals surface area contributed by atoms with Gasteiger partial charge >= 0.3 is 6.03 Å². The van der Waals surface area contributed by atoms with Crippen molar-refractivity contribution in [1.82, 2.24) is 4.90 Å². The SMILES string of the molecule is CCSc1ccc(Cl)cc1NC(=O)N(C)C1CCOCC1. The Morgan fingerprint density at radius 3 is 2.86 bits per heavy atom. The average Bonchev–Trinajstić information content (AvgIpc) is 2.50. The highest BCUT2D eigenvalue weighted by Crippen LogP contribution is 2.30. The number of carbonyl (C=O) groups excluding carboxylic acids is 1. The molecule has 0 unspecified atom stereocenters. The summed E-state index contributed by atoms with van der Waals surface area (Å²) in [7, 11) is 1.84. The number of hydrogen-bond donors (Lipinski definition) is 1. The van der Waals surface area contributed by atoms with E-state index in [4.69, 9.17) is 16.3 Å². The van der Waals surface area contributed by atoms with Gasteiger partial charge in [0.05, 0.1) is 5.69 Å². The Balaban J connectivity index is 2.05. The van der Waals surface area contributed by atoms with E-state index in [-0.39, 0.29) is 12.1 Å². The van der Waals surface area contributed by atoms with Crippen LogP contribution in [0.5, 0.6) is 0 Å². The lowest BCUT2D eigenvalue weighted by atomic mass is 10.1. The minimum absolute atomic E-state index is 0.0953. The van der Waals surface area contributed by atoms with Gasteiger partial charge in [-0.2, -0.15) is 0 Å². The second kappa shape index (κ2) is 7.92. The van der Waals surface area contributed by atoms with Crippen molar-refractivity contribution < 1.29 is 9.53 Å². The number of hydrogen-bond acceptors (Lipinski definition) is 3. The van der Waals surface area contributed by atoms with E-state index in [9.17, 15) is 4.79 Å². The molecule has 0 spiro atoms. The molecule has 1 aliphatic rings. The van der Waals surface area contributed by atoms with Gasteiger partial charge in [0.1, 0.15) is 0 Å². The van der Waals surface area contributed by atoms with E-state index in [0.717, 1.165) is 42.4 Å². The predicted molar refractivity (Wildman–Crippen MR) is 88.5 cm³/mol. The largest absolute Gasteiger partial charge is 0.381 e. The molecule has 2 rings (SSSR count). The molecule has 1 aliphatic heterocycles. The molecular weight excluding hydrogens is 308 g/mol. The molecule has 0 bridgehead atoms. The maximum atomic E-state index is 12.4. The van der Waals surface area contributed by atoms with Crippen LogP contribution in [0.15, 0.2) is 23.1 Å². The number of nitrogens with zero attached hydrogens (tertiary/aromatic N) is 1. The fraction of sp³-hybridized carbons (Fsp3) is 0.533. The van der Waals surface area contributed by atoms with Crippen LogP contribution >= 0.6 is 23.4 Å². The van der Waals surface area contributed by atoms with E-state index in [2.05, 4.69) is 12.2 Å².